The van der Waals surface area contributed by atoms with Gasteiger partial charge in [-0.15, -0.1) is 0 Å². The van der Waals surface area contributed by atoms with Gasteiger partial charge < -0.3 is 5.11 Å². The number of aromatic nitrogens is 1. The fourth-order valence-corrected chi connectivity index (χ4v) is 1.60. The van der Waals surface area contributed by atoms with Gasteiger partial charge in [0.15, 0.2) is 0 Å². The van der Waals surface area contributed by atoms with Gasteiger partial charge in [-0.25, -0.2) is 4.98 Å². The van der Waals surface area contributed by atoms with Gasteiger partial charge in [-0.2, -0.15) is 5.10 Å². The molecule has 0 aliphatic carbocycles. The number of hydrogen-bond donors (Lipinski definition) is 2. The normalized spacial score (nSPS) is 10.6. The molecule has 0 saturated carbocycles. The standard InChI is InChI=1S/C12H10BrN3O/c13-10-4-5-11(17)9(7-10)8-15-16-12-3-1-2-6-14-12/h1-8,17H,(H,14,16)/b15-8-. The van der Waals surface area contributed by atoms with Crippen molar-refractivity contribution in [3.05, 3.63) is 52.6 Å². The number of hydrazone groups is 1. The van der Waals surface area contributed by atoms with E-state index in [9.17, 15) is 5.11 Å². The molecule has 2 N–H and O–H groups in total. The highest BCUT2D eigenvalue weighted by Gasteiger charge is 1.98. The molecule has 17 heavy (non-hydrogen) atoms. The van der Waals surface area contributed by atoms with Gasteiger partial charge in [0.1, 0.15) is 11.6 Å². The number of benzene rings is 1. The van der Waals surface area contributed by atoms with Crippen molar-refractivity contribution >= 4 is 28.0 Å². The molecule has 1 heterocycles. The molecule has 0 spiro atoms. The third-order valence-electron chi connectivity index (χ3n) is 2.04. The number of hydrogen-bond acceptors (Lipinski definition) is 4. The number of halogens is 1. The maximum Gasteiger partial charge on any atom is 0.146 e. The first-order valence-electron chi connectivity index (χ1n) is 4.94. The van der Waals surface area contributed by atoms with E-state index in [0.717, 1.165) is 4.47 Å². The highest BCUT2D eigenvalue weighted by atomic mass is 79.9. The molecule has 0 fully saturated rings. The Labute approximate surface area is 107 Å². The van der Waals surface area contributed by atoms with E-state index >= 15 is 0 Å². The lowest BCUT2D eigenvalue weighted by atomic mass is 10.2. The van der Waals surface area contributed by atoms with Gasteiger partial charge in [0.25, 0.3) is 0 Å². The monoisotopic (exact) mass is 291 g/mol. The van der Waals surface area contributed by atoms with E-state index in [4.69, 9.17) is 0 Å². The molecular weight excluding hydrogens is 282 g/mol. The summed E-state index contributed by atoms with van der Waals surface area (Å²) in [4.78, 5) is 4.05. The van der Waals surface area contributed by atoms with Crippen LogP contribution in [0.4, 0.5) is 5.82 Å². The van der Waals surface area contributed by atoms with Crippen LogP contribution < -0.4 is 5.43 Å². The highest BCUT2D eigenvalue weighted by Crippen LogP contribution is 2.20. The van der Waals surface area contributed by atoms with Crippen molar-refractivity contribution in [1.82, 2.24) is 4.98 Å². The van der Waals surface area contributed by atoms with Crippen LogP contribution >= 0.6 is 15.9 Å². The molecule has 0 amide bonds. The summed E-state index contributed by atoms with van der Waals surface area (Å²) in [6, 6.07) is 10.6. The molecule has 0 radical (unpaired) electrons. The molecule has 1 aromatic heterocycles. The summed E-state index contributed by atoms with van der Waals surface area (Å²) >= 11 is 3.33. The second-order valence-electron chi connectivity index (χ2n) is 3.29. The van der Waals surface area contributed by atoms with Crippen molar-refractivity contribution in [3.63, 3.8) is 0 Å². The van der Waals surface area contributed by atoms with Gasteiger partial charge in [-0.05, 0) is 30.3 Å². The van der Waals surface area contributed by atoms with Crippen molar-refractivity contribution in [2.45, 2.75) is 0 Å². The molecule has 2 aromatic rings. The highest BCUT2D eigenvalue weighted by molar-refractivity contribution is 9.10. The predicted octanol–water partition coefficient (Wildman–Crippen LogP) is 3.00. The predicted molar refractivity (Wildman–Crippen MR) is 71.3 cm³/mol. The Kier molecular flexibility index (Phi) is 3.72. The van der Waals surface area contributed by atoms with Crippen molar-refractivity contribution in [1.29, 1.82) is 0 Å². The van der Waals surface area contributed by atoms with Gasteiger partial charge in [0, 0.05) is 16.2 Å². The van der Waals surface area contributed by atoms with Crippen LogP contribution in [0.15, 0.2) is 52.2 Å². The molecule has 0 aliphatic heterocycles. The van der Waals surface area contributed by atoms with Crippen LogP contribution in [0.3, 0.4) is 0 Å². The van der Waals surface area contributed by atoms with Crippen LogP contribution in [-0.2, 0) is 0 Å². The van der Waals surface area contributed by atoms with Gasteiger partial charge in [-0.3, -0.25) is 5.43 Å². The molecule has 5 heteroatoms. The zero-order valence-corrected chi connectivity index (χ0v) is 10.4. The van der Waals surface area contributed by atoms with E-state index in [0.29, 0.717) is 11.4 Å². The van der Waals surface area contributed by atoms with Gasteiger partial charge in [0.05, 0.1) is 6.21 Å². The van der Waals surface area contributed by atoms with Crippen LogP contribution in [0, 0.1) is 0 Å². The Bertz CT molecular complexity index is 529. The van der Waals surface area contributed by atoms with Crippen LogP contribution in [0.5, 0.6) is 5.75 Å². The van der Waals surface area contributed by atoms with Crippen LogP contribution in [0.25, 0.3) is 0 Å². The van der Waals surface area contributed by atoms with E-state index < -0.39 is 0 Å². The minimum absolute atomic E-state index is 0.180. The Hall–Kier alpha value is -1.88. The second-order valence-corrected chi connectivity index (χ2v) is 4.20. The van der Waals surface area contributed by atoms with Crippen molar-refractivity contribution in [3.8, 4) is 5.75 Å². The average Bonchev–Trinajstić information content (AvgIpc) is 2.35. The Balaban J connectivity index is 2.08. The van der Waals surface area contributed by atoms with E-state index in [2.05, 4.69) is 31.4 Å². The molecule has 0 unspecified atom stereocenters. The van der Waals surface area contributed by atoms with Gasteiger partial charge in [-0.1, -0.05) is 22.0 Å². The molecular formula is C12H10BrN3O. The van der Waals surface area contributed by atoms with E-state index in [-0.39, 0.29) is 5.75 Å². The molecule has 0 atom stereocenters. The zero-order chi connectivity index (χ0) is 12.1. The lowest BCUT2D eigenvalue weighted by molar-refractivity contribution is 0.474. The summed E-state index contributed by atoms with van der Waals surface area (Å²) in [5.74, 6) is 0.831. The average molecular weight is 292 g/mol. The summed E-state index contributed by atoms with van der Waals surface area (Å²) in [6.07, 6.45) is 3.21. The first-order chi connectivity index (χ1) is 8.25. The van der Waals surface area contributed by atoms with Crippen molar-refractivity contribution < 1.29 is 5.11 Å². The summed E-state index contributed by atoms with van der Waals surface area (Å²) in [5, 5.41) is 13.6. The van der Waals surface area contributed by atoms with Crippen LogP contribution in [-0.4, -0.2) is 16.3 Å². The fraction of sp³-hybridized carbons (Fsp3) is 0. The SMILES string of the molecule is Oc1ccc(Br)cc1/C=N\Nc1ccccn1. The maximum absolute atomic E-state index is 9.58. The second kappa shape index (κ2) is 5.45. The molecule has 4 nitrogen and oxygen atoms in total. The largest absolute Gasteiger partial charge is 0.507 e. The minimum atomic E-state index is 0.180. The Morgan fingerprint density at radius 3 is 2.94 bits per heavy atom. The number of pyridine rings is 1. The number of aromatic hydroxyl groups is 1. The third-order valence-corrected chi connectivity index (χ3v) is 2.53. The lowest BCUT2D eigenvalue weighted by Gasteiger charge is -2.00. The number of phenolic OH excluding ortho intramolecular Hbond substituents is 1. The first kappa shape index (κ1) is 11.6. The van der Waals surface area contributed by atoms with E-state index in [1.165, 1.54) is 6.21 Å². The Morgan fingerprint density at radius 1 is 1.29 bits per heavy atom. The lowest BCUT2D eigenvalue weighted by Crippen LogP contribution is -1.92. The minimum Gasteiger partial charge on any atom is -0.507 e. The van der Waals surface area contributed by atoms with E-state index in [1.807, 2.05) is 12.1 Å². The fourth-order valence-electron chi connectivity index (χ4n) is 1.23. The number of anilines is 1. The number of phenols is 1. The number of nitrogens with one attached hydrogen (secondary N) is 1. The smallest absolute Gasteiger partial charge is 0.146 e. The molecule has 0 aliphatic rings. The molecule has 2 rings (SSSR count). The third kappa shape index (κ3) is 3.29. The summed E-state index contributed by atoms with van der Waals surface area (Å²) in [5.41, 5.74) is 3.40. The summed E-state index contributed by atoms with van der Waals surface area (Å²) in [7, 11) is 0. The Morgan fingerprint density at radius 2 is 2.18 bits per heavy atom. The van der Waals surface area contributed by atoms with Gasteiger partial charge in [0.2, 0.25) is 0 Å². The first-order valence-corrected chi connectivity index (χ1v) is 5.73. The zero-order valence-electron chi connectivity index (χ0n) is 8.84. The van der Waals surface area contributed by atoms with Crippen molar-refractivity contribution in [2.75, 3.05) is 5.43 Å². The van der Waals surface area contributed by atoms with Crippen molar-refractivity contribution in [2.24, 2.45) is 5.10 Å². The van der Waals surface area contributed by atoms with Crippen LogP contribution in [0.2, 0.25) is 0 Å². The maximum atomic E-state index is 9.58. The number of nitrogens with zero attached hydrogens (tertiary/aromatic N) is 2. The summed E-state index contributed by atoms with van der Waals surface area (Å²) < 4.78 is 0.884. The summed E-state index contributed by atoms with van der Waals surface area (Å²) in [6.45, 7) is 0. The van der Waals surface area contributed by atoms with E-state index in [1.54, 1.807) is 30.5 Å². The molecule has 86 valence electrons. The molecule has 1 aromatic carbocycles. The molecule has 0 bridgehead atoms. The number of rotatable bonds is 3. The quantitative estimate of drug-likeness (QED) is 0.675. The van der Waals surface area contributed by atoms with Crippen LogP contribution in [0.1, 0.15) is 5.56 Å². The molecule has 0 saturated heterocycles. The topological polar surface area (TPSA) is 57.5 Å². The van der Waals surface area contributed by atoms with Gasteiger partial charge >= 0.3 is 0 Å².